The van der Waals surface area contributed by atoms with E-state index in [-0.39, 0.29) is 22.8 Å². The van der Waals surface area contributed by atoms with Crippen LogP contribution in [0.25, 0.3) is 17.1 Å². The molecule has 0 unspecified atom stereocenters. The van der Waals surface area contributed by atoms with Gasteiger partial charge in [-0.05, 0) is 70.8 Å². The highest BCUT2D eigenvalue weighted by atomic mass is 32.2. The average Bonchev–Trinajstić information content (AvgIpc) is 3.33. The number of carbonyl (C=O) groups excluding carboxylic acids is 1. The molecule has 0 aliphatic carbocycles. The molecular formula is C28H29N5O4S. The van der Waals surface area contributed by atoms with Gasteiger partial charge < -0.3 is 14.9 Å². The van der Waals surface area contributed by atoms with Crippen molar-refractivity contribution in [3.63, 3.8) is 0 Å². The van der Waals surface area contributed by atoms with Crippen molar-refractivity contribution in [3.05, 3.63) is 77.9 Å². The number of phenolic OH excluding ortho intramolecular Hbond substituents is 1. The number of aromatic nitrogens is 3. The van der Waals surface area contributed by atoms with Gasteiger partial charge in [0.05, 0.1) is 29.7 Å². The third kappa shape index (κ3) is 6.33. The predicted octanol–water partition coefficient (Wildman–Crippen LogP) is 3.68. The van der Waals surface area contributed by atoms with E-state index >= 15 is 0 Å². The number of amides is 1. The Balaban J connectivity index is 1.54. The Labute approximate surface area is 225 Å². The molecule has 4 rings (SSSR count). The van der Waals surface area contributed by atoms with Crippen molar-refractivity contribution in [2.45, 2.75) is 31.3 Å². The molecule has 3 N–H and O–H groups in total. The molecule has 0 spiro atoms. The van der Waals surface area contributed by atoms with Crippen molar-refractivity contribution in [1.29, 1.82) is 0 Å². The van der Waals surface area contributed by atoms with Gasteiger partial charge in [-0.25, -0.2) is 5.43 Å². The van der Waals surface area contributed by atoms with Gasteiger partial charge in [-0.3, -0.25) is 4.79 Å². The number of aromatic amines is 1. The maximum absolute atomic E-state index is 12.5. The Morgan fingerprint density at radius 2 is 1.87 bits per heavy atom. The van der Waals surface area contributed by atoms with Gasteiger partial charge in [-0.15, -0.1) is 5.10 Å². The number of phenols is 1. The third-order valence-electron chi connectivity index (χ3n) is 5.75. The van der Waals surface area contributed by atoms with E-state index in [0.29, 0.717) is 10.7 Å². The number of nitrogens with zero attached hydrogens (tertiary/aromatic N) is 3. The van der Waals surface area contributed by atoms with E-state index in [4.69, 9.17) is 4.74 Å². The van der Waals surface area contributed by atoms with Crippen molar-refractivity contribution in [1.82, 2.24) is 15.6 Å². The maximum atomic E-state index is 12.5. The maximum Gasteiger partial charge on any atom is 0.342 e. The number of thioether (sulfide) groups is 1. The highest BCUT2D eigenvalue weighted by Crippen LogP contribution is 2.26. The minimum Gasteiger partial charge on any atom is -0.870 e. The molecule has 1 amide bonds. The lowest BCUT2D eigenvalue weighted by molar-refractivity contribution is -0.625. The van der Waals surface area contributed by atoms with E-state index in [2.05, 4.69) is 65.8 Å². The number of carbonyl (C=O) groups is 1. The van der Waals surface area contributed by atoms with Crippen LogP contribution in [0.5, 0.6) is 17.2 Å². The SMILES string of the molecule is COc1ccc(-[n+]2c(SCC(=O)N/N=C/c3ccc([O-])c(O)c3)n[nH]c2-c2ccc(C(C)(C)C)cc2)cc1. The van der Waals surface area contributed by atoms with Gasteiger partial charge in [0.15, 0.2) is 0 Å². The number of rotatable bonds is 8. The second-order valence-electron chi connectivity index (χ2n) is 9.52. The third-order valence-corrected chi connectivity index (χ3v) is 6.68. The first-order valence-corrected chi connectivity index (χ1v) is 12.8. The number of methoxy groups -OCH3 is 1. The number of H-pyrrole nitrogens is 1. The van der Waals surface area contributed by atoms with Crippen LogP contribution in [-0.4, -0.2) is 40.3 Å². The Kier molecular flexibility index (Phi) is 8.02. The van der Waals surface area contributed by atoms with E-state index in [1.165, 1.54) is 41.7 Å². The van der Waals surface area contributed by atoms with Gasteiger partial charge in [0.1, 0.15) is 17.2 Å². The molecule has 10 heteroatoms. The first-order valence-electron chi connectivity index (χ1n) is 11.9. The van der Waals surface area contributed by atoms with Crippen molar-refractivity contribution >= 4 is 23.9 Å². The van der Waals surface area contributed by atoms with Crippen LogP contribution < -0.4 is 19.8 Å². The van der Waals surface area contributed by atoms with Crippen LogP contribution in [0, 0.1) is 0 Å². The van der Waals surface area contributed by atoms with Crippen LogP contribution in [0.1, 0.15) is 31.9 Å². The second-order valence-corrected chi connectivity index (χ2v) is 10.5. The van der Waals surface area contributed by atoms with E-state index in [1.807, 2.05) is 28.8 Å². The van der Waals surface area contributed by atoms with Crippen LogP contribution in [0.2, 0.25) is 0 Å². The molecule has 4 aromatic rings. The van der Waals surface area contributed by atoms with E-state index in [1.54, 1.807) is 7.11 Å². The molecule has 3 aromatic carbocycles. The van der Waals surface area contributed by atoms with Crippen molar-refractivity contribution in [3.8, 4) is 34.3 Å². The quantitative estimate of drug-likeness (QED) is 0.138. The van der Waals surface area contributed by atoms with E-state index in [0.717, 1.165) is 22.8 Å². The number of aromatic hydroxyl groups is 1. The molecule has 0 fully saturated rings. The Morgan fingerprint density at radius 3 is 2.50 bits per heavy atom. The van der Waals surface area contributed by atoms with Gasteiger partial charge in [-0.2, -0.15) is 9.67 Å². The molecule has 0 aliphatic rings. The average molecular weight is 532 g/mol. The standard InChI is InChI=1S/C28H29N5O4S/c1-28(2,3)20-8-6-19(7-9-20)26-31-32-27(33(26)21-10-12-22(37-4)13-11-21)38-17-25(36)30-29-16-18-5-14-23(34)24(35)15-18/h5-16H,17H2,1-4H3,(H3,29,30,34,35,36). The van der Waals surface area contributed by atoms with Crippen LogP contribution in [0.15, 0.2) is 77.0 Å². The Bertz CT molecular complexity index is 1440. The molecule has 38 heavy (non-hydrogen) atoms. The molecule has 1 heterocycles. The molecule has 0 bridgehead atoms. The van der Waals surface area contributed by atoms with Gasteiger partial charge in [0.2, 0.25) is 0 Å². The van der Waals surface area contributed by atoms with Gasteiger partial charge in [0, 0.05) is 0 Å². The van der Waals surface area contributed by atoms with Gasteiger partial charge >= 0.3 is 5.16 Å². The smallest absolute Gasteiger partial charge is 0.342 e. The topological polar surface area (TPSA) is 127 Å². The highest BCUT2D eigenvalue weighted by Gasteiger charge is 2.25. The molecular weight excluding hydrogens is 502 g/mol. The molecule has 196 valence electrons. The minimum absolute atomic E-state index is 0.0369. The lowest BCUT2D eigenvalue weighted by atomic mass is 9.87. The summed E-state index contributed by atoms with van der Waals surface area (Å²) in [5.41, 5.74) is 6.02. The molecule has 0 saturated carbocycles. The largest absolute Gasteiger partial charge is 0.870 e. The zero-order chi connectivity index (χ0) is 27.3. The number of ether oxygens (including phenoxy) is 1. The van der Waals surface area contributed by atoms with Crippen LogP contribution in [0.3, 0.4) is 0 Å². The highest BCUT2D eigenvalue weighted by molar-refractivity contribution is 7.99. The molecule has 0 atom stereocenters. The number of hydrazone groups is 1. The first-order chi connectivity index (χ1) is 18.2. The summed E-state index contributed by atoms with van der Waals surface area (Å²) in [5, 5.41) is 32.9. The van der Waals surface area contributed by atoms with Gasteiger partial charge in [0.25, 0.3) is 11.7 Å². The summed E-state index contributed by atoms with van der Waals surface area (Å²) < 4.78 is 7.26. The number of hydrogen-bond acceptors (Lipinski definition) is 7. The Morgan fingerprint density at radius 1 is 1.16 bits per heavy atom. The second kappa shape index (κ2) is 11.4. The molecule has 0 aliphatic heterocycles. The van der Waals surface area contributed by atoms with Crippen LogP contribution >= 0.6 is 11.8 Å². The monoisotopic (exact) mass is 531 g/mol. The Hall–Kier alpha value is -4.31. The fourth-order valence-corrected chi connectivity index (χ4v) is 4.40. The summed E-state index contributed by atoms with van der Waals surface area (Å²) in [6.07, 6.45) is 1.35. The summed E-state index contributed by atoms with van der Waals surface area (Å²) in [4.78, 5) is 12.5. The van der Waals surface area contributed by atoms with Crippen molar-refractivity contribution < 1.29 is 24.3 Å². The molecule has 1 aromatic heterocycles. The van der Waals surface area contributed by atoms with Gasteiger partial charge in [-0.1, -0.05) is 50.8 Å². The summed E-state index contributed by atoms with van der Waals surface area (Å²) >= 11 is 1.26. The summed E-state index contributed by atoms with van der Waals surface area (Å²) in [6, 6.07) is 19.9. The first kappa shape index (κ1) is 26.7. The fourth-order valence-electron chi connectivity index (χ4n) is 3.64. The molecule has 0 radical (unpaired) electrons. The van der Waals surface area contributed by atoms with Crippen LogP contribution in [-0.2, 0) is 10.2 Å². The van der Waals surface area contributed by atoms with Crippen LogP contribution in [0.4, 0.5) is 0 Å². The molecule has 9 nitrogen and oxygen atoms in total. The lowest BCUT2D eigenvalue weighted by Gasteiger charge is -2.18. The normalized spacial score (nSPS) is 11.6. The fraction of sp³-hybridized carbons (Fsp3) is 0.214. The summed E-state index contributed by atoms with van der Waals surface area (Å²) in [5.74, 6) is 0.386. The van der Waals surface area contributed by atoms with E-state index in [9.17, 15) is 15.0 Å². The lowest BCUT2D eigenvalue weighted by Crippen LogP contribution is -2.34. The van der Waals surface area contributed by atoms with Crippen molar-refractivity contribution in [2.75, 3.05) is 12.9 Å². The number of hydrogen-bond donors (Lipinski definition) is 3. The summed E-state index contributed by atoms with van der Waals surface area (Å²) in [7, 11) is 1.62. The zero-order valence-corrected chi connectivity index (χ0v) is 22.4. The molecule has 0 saturated heterocycles. The number of nitrogens with one attached hydrogen (secondary N) is 2. The summed E-state index contributed by atoms with van der Waals surface area (Å²) in [6.45, 7) is 6.52. The number of benzene rings is 3. The zero-order valence-electron chi connectivity index (χ0n) is 21.6. The predicted molar refractivity (Wildman–Crippen MR) is 145 cm³/mol. The van der Waals surface area contributed by atoms with Crippen molar-refractivity contribution in [2.24, 2.45) is 5.10 Å². The minimum atomic E-state index is -0.476. The van der Waals surface area contributed by atoms with E-state index < -0.39 is 5.75 Å².